The number of nitrogens with zero attached hydrogens (tertiary/aromatic N) is 3. The predicted molar refractivity (Wildman–Crippen MR) is 81.6 cm³/mol. The van der Waals surface area contributed by atoms with Crippen LogP contribution in [0.5, 0.6) is 0 Å². The van der Waals surface area contributed by atoms with Gasteiger partial charge in [-0.15, -0.1) is 0 Å². The maximum Gasteiger partial charge on any atom is 0.293 e. The first-order chi connectivity index (χ1) is 10.4. The number of nitrogens with one attached hydrogen (secondary N) is 1. The Labute approximate surface area is 128 Å². The molecule has 7 heteroatoms. The summed E-state index contributed by atoms with van der Waals surface area (Å²) in [6.07, 6.45) is 1.92. The highest BCUT2D eigenvalue weighted by molar-refractivity contribution is 5.96. The van der Waals surface area contributed by atoms with Crippen LogP contribution in [0.25, 0.3) is 0 Å². The van der Waals surface area contributed by atoms with Crippen molar-refractivity contribution in [3.8, 4) is 6.07 Å². The van der Waals surface area contributed by atoms with Gasteiger partial charge in [-0.3, -0.25) is 14.9 Å². The Bertz CT molecular complexity index is 634. The van der Waals surface area contributed by atoms with E-state index in [1.807, 2.05) is 0 Å². The van der Waals surface area contributed by atoms with Crippen LogP contribution in [-0.2, 0) is 0 Å². The van der Waals surface area contributed by atoms with Crippen molar-refractivity contribution in [2.45, 2.75) is 25.8 Å². The number of nitriles is 1. The maximum absolute atomic E-state index is 12.0. The van der Waals surface area contributed by atoms with E-state index in [0.29, 0.717) is 12.2 Å². The molecule has 1 atom stereocenters. The maximum atomic E-state index is 12.0. The zero-order valence-electron chi connectivity index (χ0n) is 12.6. The third kappa shape index (κ3) is 3.73. The normalized spacial score (nSPS) is 14.8. The zero-order chi connectivity index (χ0) is 16.3. The molecule has 2 rings (SSSR count). The van der Waals surface area contributed by atoms with Gasteiger partial charge in [-0.25, -0.2) is 0 Å². The van der Waals surface area contributed by atoms with Crippen molar-refractivity contribution in [2.75, 3.05) is 18.5 Å². The number of nitro benzene ring substituents is 1. The number of carbonyl (C=O) groups is 1. The van der Waals surface area contributed by atoms with Crippen LogP contribution in [0.4, 0.5) is 11.4 Å². The molecule has 1 saturated carbocycles. The average Bonchev–Trinajstić information content (AvgIpc) is 3.30. The number of benzene rings is 1. The van der Waals surface area contributed by atoms with Gasteiger partial charge in [-0.05, 0) is 31.9 Å². The van der Waals surface area contributed by atoms with E-state index in [1.54, 1.807) is 31.0 Å². The quantitative estimate of drug-likeness (QED) is 0.640. The van der Waals surface area contributed by atoms with Crippen LogP contribution in [-0.4, -0.2) is 30.5 Å². The number of hydrogen-bond donors (Lipinski definition) is 1. The van der Waals surface area contributed by atoms with E-state index in [-0.39, 0.29) is 29.1 Å². The highest BCUT2D eigenvalue weighted by Gasteiger charge is 2.26. The summed E-state index contributed by atoms with van der Waals surface area (Å²) in [5, 5.41) is 22.9. The Balaban J connectivity index is 2.24. The Morgan fingerprint density at radius 3 is 2.82 bits per heavy atom. The molecule has 1 aliphatic carbocycles. The first-order valence-electron chi connectivity index (χ1n) is 7.12. The van der Waals surface area contributed by atoms with Gasteiger partial charge in [-0.1, -0.05) is 0 Å². The van der Waals surface area contributed by atoms with Crippen LogP contribution >= 0.6 is 0 Å². The van der Waals surface area contributed by atoms with Crippen LogP contribution in [0.1, 0.15) is 30.1 Å². The number of nitro groups is 1. The summed E-state index contributed by atoms with van der Waals surface area (Å²) in [7, 11) is 1.69. The minimum atomic E-state index is -0.503. The predicted octanol–water partition coefficient (Wildman–Crippen LogP) is 2.08. The van der Waals surface area contributed by atoms with Crippen LogP contribution in [0.3, 0.4) is 0 Å². The molecule has 0 spiro atoms. The molecule has 22 heavy (non-hydrogen) atoms. The van der Waals surface area contributed by atoms with Crippen molar-refractivity contribution in [3.63, 3.8) is 0 Å². The summed E-state index contributed by atoms with van der Waals surface area (Å²) in [5.41, 5.74) is 0.551. The fraction of sp³-hybridized carbons (Fsp3) is 0.467. The highest BCUT2D eigenvalue weighted by atomic mass is 16.6. The molecule has 1 aliphatic rings. The SMILES string of the molecule is CC(C#N)CN(C)c1ccc(C(=O)NC2CC2)cc1[N+](=O)[O-]. The lowest BCUT2D eigenvalue weighted by molar-refractivity contribution is -0.384. The second-order valence-corrected chi connectivity index (χ2v) is 5.62. The van der Waals surface area contributed by atoms with Gasteiger partial charge in [0.1, 0.15) is 5.69 Å². The Morgan fingerprint density at radius 1 is 1.59 bits per heavy atom. The fourth-order valence-electron chi connectivity index (χ4n) is 2.18. The molecular formula is C15H18N4O3. The zero-order valence-corrected chi connectivity index (χ0v) is 12.6. The molecule has 7 nitrogen and oxygen atoms in total. The van der Waals surface area contributed by atoms with Crippen molar-refractivity contribution in [1.82, 2.24) is 5.32 Å². The Morgan fingerprint density at radius 2 is 2.27 bits per heavy atom. The lowest BCUT2D eigenvalue weighted by Crippen LogP contribution is -2.26. The number of anilines is 1. The lowest BCUT2D eigenvalue weighted by atomic mass is 10.1. The standard InChI is InChI=1S/C15H18N4O3/c1-10(8-16)9-18(2)13-6-3-11(7-14(13)19(21)22)15(20)17-12-4-5-12/h3,6-7,10,12H,4-5,9H2,1-2H3,(H,17,20). The fourth-order valence-corrected chi connectivity index (χ4v) is 2.18. The van der Waals surface area contributed by atoms with Gasteiger partial charge in [0.05, 0.1) is 16.9 Å². The largest absolute Gasteiger partial charge is 0.368 e. The van der Waals surface area contributed by atoms with Gasteiger partial charge in [0.15, 0.2) is 0 Å². The number of amides is 1. The van der Waals surface area contributed by atoms with Gasteiger partial charge in [-0.2, -0.15) is 5.26 Å². The second-order valence-electron chi connectivity index (χ2n) is 5.62. The van der Waals surface area contributed by atoms with E-state index in [0.717, 1.165) is 12.8 Å². The van der Waals surface area contributed by atoms with Crippen molar-refractivity contribution in [1.29, 1.82) is 5.26 Å². The molecular weight excluding hydrogens is 284 g/mol. The summed E-state index contributed by atoms with van der Waals surface area (Å²) < 4.78 is 0. The van der Waals surface area contributed by atoms with Crippen LogP contribution in [0.2, 0.25) is 0 Å². The summed E-state index contributed by atoms with van der Waals surface area (Å²) in [6, 6.07) is 6.72. The average molecular weight is 302 g/mol. The minimum absolute atomic E-state index is 0.129. The molecule has 1 amide bonds. The summed E-state index contributed by atoms with van der Waals surface area (Å²) in [4.78, 5) is 24.4. The van der Waals surface area contributed by atoms with E-state index < -0.39 is 4.92 Å². The van der Waals surface area contributed by atoms with E-state index in [4.69, 9.17) is 5.26 Å². The second kappa shape index (κ2) is 6.43. The van der Waals surface area contributed by atoms with Gasteiger partial charge >= 0.3 is 0 Å². The number of carbonyl (C=O) groups excluding carboxylic acids is 1. The van der Waals surface area contributed by atoms with Crippen LogP contribution in [0.15, 0.2) is 18.2 Å². The molecule has 0 saturated heterocycles. The summed E-state index contributed by atoms with van der Waals surface area (Å²) in [6.45, 7) is 2.13. The molecule has 0 bridgehead atoms. The molecule has 1 aromatic rings. The van der Waals surface area contributed by atoms with E-state index in [9.17, 15) is 14.9 Å². The van der Waals surface area contributed by atoms with Gasteiger partial charge in [0, 0.05) is 31.3 Å². The topological polar surface area (TPSA) is 99.3 Å². The monoisotopic (exact) mass is 302 g/mol. The number of hydrogen-bond acceptors (Lipinski definition) is 5. The van der Waals surface area contributed by atoms with Crippen molar-refractivity contribution in [3.05, 3.63) is 33.9 Å². The first-order valence-corrected chi connectivity index (χ1v) is 7.12. The summed E-state index contributed by atoms with van der Waals surface area (Å²) >= 11 is 0. The molecule has 0 radical (unpaired) electrons. The molecule has 116 valence electrons. The molecule has 0 aromatic heterocycles. The van der Waals surface area contributed by atoms with Crippen molar-refractivity contribution < 1.29 is 9.72 Å². The van der Waals surface area contributed by atoms with E-state index in [1.165, 1.54) is 6.07 Å². The smallest absolute Gasteiger partial charge is 0.293 e. The molecule has 1 N–H and O–H groups in total. The Hall–Kier alpha value is -2.62. The highest BCUT2D eigenvalue weighted by Crippen LogP contribution is 2.29. The molecule has 0 heterocycles. The van der Waals surface area contributed by atoms with Crippen molar-refractivity contribution in [2.24, 2.45) is 5.92 Å². The van der Waals surface area contributed by atoms with Crippen molar-refractivity contribution >= 4 is 17.3 Å². The third-order valence-corrected chi connectivity index (χ3v) is 3.53. The van der Waals surface area contributed by atoms with Gasteiger partial charge < -0.3 is 10.2 Å². The van der Waals surface area contributed by atoms with E-state index in [2.05, 4.69) is 11.4 Å². The molecule has 1 fully saturated rings. The van der Waals surface area contributed by atoms with Crippen LogP contribution < -0.4 is 10.2 Å². The third-order valence-electron chi connectivity index (χ3n) is 3.53. The molecule has 1 aromatic carbocycles. The van der Waals surface area contributed by atoms with E-state index >= 15 is 0 Å². The molecule has 0 aliphatic heterocycles. The van der Waals surface area contributed by atoms with Gasteiger partial charge in [0.2, 0.25) is 0 Å². The minimum Gasteiger partial charge on any atom is -0.368 e. The number of rotatable bonds is 6. The Kier molecular flexibility index (Phi) is 4.61. The lowest BCUT2D eigenvalue weighted by Gasteiger charge is -2.20. The molecule has 1 unspecified atom stereocenters. The first kappa shape index (κ1) is 15.8. The summed E-state index contributed by atoms with van der Waals surface area (Å²) in [5.74, 6) is -0.535. The van der Waals surface area contributed by atoms with Crippen LogP contribution in [0, 0.1) is 27.4 Å². The van der Waals surface area contributed by atoms with Gasteiger partial charge in [0.25, 0.3) is 11.6 Å².